The molecule has 0 fully saturated rings. The summed E-state index contributed by atoms with van der Waals surface area (Å²) in [5.41, 5.74) is 0.647. The molecular formula is C13H10N2O3S. The number of phenols is 1. The van der Waals surface area contributed by atoms with Crippen LogP contribution in [0.5, 0.6) is 11.5 Å². The molecule has 1 N–H and O–H groups in total. The smallest absolute Gasteiger partial charge is 0.258 e. The Balaban J connectivity index is 1.97. The zero-order chi connectivity index (χ0) is 13.2. The summed E-state index contributed by atoms with van der Waals surface area (Å²) in [4.78, 5) is 5.24. The van der Waals surface area contributed by atoms with Gasteiger partial charge in [0.25, 0.3) is 5.89 Å². The van der Waals surface area contributed by atoms with Crippen LogP contribution in [0.25, 0.3) is 22.2 Å². The molecule has 19 heavy (non-hydrogen) atoms. The fourth-order valence-corrected chi connectivity index (χ4v) is 2.32. The van der Waals surface area contributed by atoms with Crippen LogP contribution in [0.3, 0.4) is 0 Å². The normalized spacial score (nSPS) is 10.6. The lowest BCUT2D eigenvalue weighted by molar-refractivity contribution is 0.373. The maximum absolute atomic E-state index is 9.73. The molecule has 3 rings (SSSR count). The number of thiophene rings is 1. The van der Waals surface area contributed by atoms with E-state index in [1.54, 1.807) is 12.1 Å². The number of hydrogen-bond acceptors (Lipinski definition) is 6. The molecule has 0 radical (unpaired) electrons. The Morgan fingerprint density at radius 2 is 2.21 bits per heavy atom. The van der Waals surface area contributed by atoms with E-state index in [9.17, 15) is 5.11 Å². The maximum atomic E-state index is 9.73. The van der Waals surface area contributed by atoms with Gasteiger partial charge >= 0.3 is 0 Å². The predicted molar refractivity (Wildman–Crippen MR) is 71.3 cm³/mol. The van der Waals surface area contributed by atoms with Gasteiger partial charge in [-0.1, -0.05) is 11.2 Å². The summed E-state index contributed by atoms with van der Waals surface area (Å²) >= 11 is 1.54. The quantitative estimate of drug-likeness (QED) is 0.794. The summed E-state index contributed by atoms with van der Waals surface area (Å²) in [7, 11) is 1.50. The Labute approximate surface area is 113 Å². The van der Waals surface area contributed by atoms with Crippen molar-refractivity contribution >= 4 is 11.3 Å². The van der Waals surface area contributed by atoms with Crippen LogP contribution in [0, 0.1) is 0 Å². The number of hydrogen-bond donors (Lipinski definition) is 1. The molecule has 0 saturated carbocycles. The first kappa shape index (κ1) is 11.7. The topological polar surface area (TPSA) is 68.4 Å². The van der Waals surface area contributed by atoms with Gasteiger partial charge in [-0.2, -0.15) is 4.98 Å². The van der Waals surface area contributed by atoms with Gasteiger partial charge in [-0.25, -0.2) is 0 Å². The summed E-state index contributed by atoms with van der Waals surface area (Å²) < 4.78 is 10.2. The lowest BCUT2D eigenvalue weighted by Gasteiger charge is -2.03. The summed E-state index contributed by atoms with van der Waals surface area (Å²) in [6.07, 6.45) is 0. The number of nitrogens with zero attached hydrogens (tertiary/aromatic N) is 2. The van der Waals surface area contributed by atoms with E-state index in [-0.39, 0.29) is 5.75 Å². The highest BCUT2D eigenvalue weighted by Gasteiger charge is 2.13. The Morgan fingerprint density at radius 3 is 2.89 bits per heavy atom. The number of ether oxygens (including phenoxy) is 1. The SMILES string of the molecule is COc1ccc(-c2nc(-c3cccs3)no2)cc1O. The lowest BCUT2D eigenvalue weighted by atomic mass is 10.2. The van der Waals surface area contributed by atoms with E-state index in [0.717, 1.165) is 4.88 Å². The minimum Gasteiger partial charge on any atom is -0.504 e. The van der Waals surface area contributed by atoms with Gasteiger partial charge in [-0.15, -0.1) is 11.3 Å². The summed E-state index contributed by atoms with van der Waals surface area (Å²) in [5, 5.41) is 15.6. The summed E-state index contributed by atoms with van der Waals surface area (Å²) in [6, 6.07) is 8.79. The second-order valence-electron chi connectivity index (χ2n) is 3.79. The van der Waals surface area contributed by atoms with Gasteiger partial charge in [-0.05, 0) is 29.6 Å². The van der Waals surface area contributed by atoms with Gasteiger partial charge in [0.2, 0.25) is 5.82 Å². The van der Waals surface area contributed by atoms with E-state index >= 15 is 0 Å². The molecule has 1 aromatic carbocycles. The molecule has 3 aromatic rings. The van der Waals surface area contributed by atoms with E-state index in [1.807, 2.05) is 17.5 Å². The van der Waals surface area contributed by atoms with Crippen LogP contribution in [0.4, 0.5) is 0 Å². The number of rotatable bonds is 3. The number of benzene rings is 1. The molecule has 0 bridgehead atoms. The Bertz CT molecular complexity index is 692. The Hall–Kier alpha value is -2.34. The van der Waals surface area contributed by atoms with E-state index in [2.05, 4.69) is 10.1 Å². The summed E-state index contributed by atoms with van der Waals surface area (Å²) in [5.74, 6) is 1.35. The van der Waals surface area contributed by atoms with E-state index in [0.29, 0.717) is 23.0 Å². The minimum absolute atomic E-state index is 0.0378. The molecule has 96 valence electrons. The first-order valence-corrected chi connectivity index (χ1v) is 6.41. The third-order valence-corrected chi connectivity index (χ3v) is 3.46. The van der Waals surface area contributed by atoms with Crippen LogP contribution in [0.2, 0.25) is 0 Å². The number of aromatic nitrogens is 2. The highest BCUT2D eigenvalue weighted by Crippen LogP contribution is 2.31. The average Bonchev–Trinajstić information content (AvgIpc) is 3.09. The van der Waals surface area contributed by atoms with E-state index in [4.69, 9.17) is 9.26 Å². The molecule has 0 unspecified atom stereocenters. The second-order valence-corrected chi connectivity index (χ2v) is 4.73. The molecule has 5 nitrogen and oxygen atoms in total. The van der Waals surface area contributed by atoms with Crippen LogP contribution < -0.4 is 4.74 Å². The number of aromatic hydroxyl groups is 1. The molecule has 0 aliphatic heterocycles. The van der Waals surface area contributed by atoms with Crippen molar-refractivity contribution in [1.82, 2.24) is 10.1 Å². The van der Waals surface area contributed by atoms with Crippen molar-refractivity contribution in [3.63, 3.8) is 0 Å². The van der Waals surface area contributed by atoms with Crippen molar-refractivity contribution in [3.05, 3.63) is 35.7 Å². The standard InChI is InChI=1S/C13H10N2O3S/c1-17-10-5-4-8(7-9(10)16)13-14-12(15-18-13)11-3-2-6-19-11/h2-7,16H,1H3. The molecule has 0 aliphatic rings. The van der Waals surface area contributed by atoms with Gasteiger partial charge in [0.05, 0.1) is 12.0 Å². The molecule has 0 aliphatic carbocycles. The van der Waals surface area contributed by atoms with Crippen molar-refractivity contribution in [2.75, 3.05) is 7.11 Å². The van der Waals surface area contributed by atoms with E-state index in [1.165, 1.54) is 24.5 Å². The van der Waals surface area contributed by atoms with Gasteiger partial charge in [0.1, 0.15) is 0 Å². The van der Waals surface area contributed by atoms with Crippen LogP contribution >= 0.6 is 11.3 Å². The van der Waals surface area contributed by atoms with Crippen molar-refractivity contribution < 1.29 is 14.4 Å². The minimum atomic E-state index is 0.0378. The van der Waals surface area contributed by atoms with Crippen LogP contribution in [-0.2, 0) is 0 Å². The Morgan fingerprint density at radius 1 is 1.32 bits per heavy atom. The van der Waals surface area contributed by atoms with E-state index < -0.39 is 0 Å². The van der Waals surface area contributed by atoms with Gasteiger partial charge in [0, 0.05) is 5.56 Å². The van der Waals surface area contributed by atoms with Crippen molar-refractivity contribution in [2.24, 2.45) is 0 Å². The molecule has 2 aromatic heterocycles. The largest absolute Gasteiger partial charge is 0.504 e. The average molecular weight is 274 g/mol. The van der Waals surface area contributed by atoms with Crippen LogP contribution in [0.15, 0.2) is 40.2 Å². The fraction of sp³-hybridized carbons (Fsp3) is 0.0769. The highest BCUT2D eigenvalue weighted by molar-refractivity contribution is 7.13. The molecule has 6 heteroatoms. The molecule has 0 atom stereocenters. The molecule has 2 heterocycles. The number of phenolic OH excluding ortho intramolecular Hbond substituents is 1. The van der Waals surface area contributed by atoms with Crippen molar-refractivity contribution in [3.8, 4) is 33.7 Å². The molecular weight excluding hydrogens is 264 g/mol. The van der Waals surface area contributed by atoms with Crippen LogP contribution in [-0.4, -0.2) is 22.4 Å². The molecule has 0 amide bonds. The highest BCUT2D eigenvalue weighted by atomic mass is 32.1. The monoisotopic (exact) mass is 274 g/mol. The third-order valence-electron chi connectivity index (χ3n) is 2.59. The molecule has 0 spiro atoms. The lowest BCUT2D eigenvalue weighted by Crippen LogP contribution is -1.84. The zero-order valence-electron chi connectivity index (χ0n) is 10.0. The first-order chi connectivity index (χ1) is 9.28. The molecule has 0 saturated heterocycles. The van der Waals surface area contributed by atoms with Gasteiger partial charge < -0.3 is 14.4 Å². The van der Waals surface area contributed by atoms with Gasteiger partial charge in [0.15, 0.2) is 11.5 Å². The maximum Gasteiger partial charge on any atom is 0.258 e. The van der Waals surface area contributed by atoms with Crippen molar-refractivity contribution in [2.45, 2.75) is 0 Å². The zero-order valence-corrected chi connectivity index (χ0v) is 10.8. The van der Waals surface area contributed by atoms with Crippen molar-refractivity contribution in [1.29, 1.82) is 0 Å². The second kappa shape index (κ2) is 4.74. The first-order valence-electron chi connectivity index (χ1n) is 5.53. The number of methoxy groups -OCH3 is 1. The predicted octanol–water partition coefficient (Wildman–Crippen LogP) is 3.18. The Kier molecular flexibility index (Phi) is 2.92. The van der Waals surface area contributed by atoms with Gasteiger partial charge in [-0.3, -0.25) is 0 Å². The third kappa shape index (κ3) is 2.17. The summed E-state index contributed by atoms with van der Waals surface area (Å²) in [6.45, 7) is 0. The van der Waals surface area contributed by atoms with Crippen LogP contribution in [0.1, 0.15) is 0 Å². The fourth-order valence-electron chi connectivity index (χ4n) is 1.67.